The second kappa shape index (κ2) is 9.86. The van der Waals surface area contributed by atoms with Crippen LogP contribution in [-0.2, 0) is 15.9 Å². The lowest BCUT2D eigenvalue weighted by atomic mass is 9.80. The molecule has 44 heavy (non-hydrogen) atoms. The molecule has 1 saturated heterocycles. The smallest absolute Gasteiger partial charge is 0.178 e. The molecule has 0 aromatic heterocycles. The van der Waals surface area contributed by atoms with E-state index in [1.54, 1.807) is 0 Å². The molecule has 0 radical (unpaired) electrons. The van der Waals surface area contributed by atoms with Gasteiger partial charge in [0, 0.05) is 52.0 Å². The molecule has 8 rings (SSSR count). The van der Waals surface area contributed by atoms with E-state index in [9.17, 15) is 5.11 Å². The molecule has 5 aromatic rings. The molecule has 2 unspecified atom stereocenters. The SMILES string of the molecule is C#CC1(O)c2cc(C)ccc2-c2c1c1c(c3cc(C)ccc23)OC(c2ccccc2)(c2ccc(N3CCOCC3)cc2)C=C1. The zero-order valence-electron chi connectivity index (χ0n) is 24.9. The van der Waals surface area contributed by atoms with Crippen LogP contribution in [0.5, 0.6) is 5.75 Å². The molecule has 1 aliphatic carbocycles. The van der Waals surface area contributed by atoms with E-state index in [0.29, 0.717) is 5.56 Å². The van der Waals surface area contributed by atoms with Gasteiger partial charge in [0.05, 0.1) is 13.2 Å². The Balaban J connectivity index is 1.38. The van der Waals surface area contributed by atoms with Crippen LogP contribution in [0.3, 0.4) is 0 Å². The Morgan fingerprint density at radius 2 is 1.52 bits per heavy atom. The summed E-state index contributed by atoms with van der Waals surface area (Å²) >= 11 is 0. The quantitative estimate of drug-likeness (QED) is 0.226. The number of aliphatic hydroxyl groups is 1. The Labute approximate surface area is 258 Å². The average molecular weight is 576 g/mol. The Morgan fingerprint density at radius 3 is 2.27 bits per heavy atom. The fourth-order valence-electron chi connectivity index (χ4n) is 7.28. The van der Waals surface area contributed by atoms with Gasteiger partial charge >= 0.3 is 0 Å². The minimum atomic E-state index is -1.58. The van der Waals surface area contributed by atoms with Crippen LogP contribution in [0.25, 0.3) is 28.0 Å². The summed E-state index contributed by atoms with van der Waals surface area (Å²) in [5, 5.41) is 14.3. The summed E-state index contributed by atoms with van der Waals surface area (Å²) in [5.41, 5.74) is 7.16. The molecular formula is C40H33NO3. The molecule has 4 nitrogen and oxygen atoms in total. The molecule has 0 spiro atoms. The second-order valence-corrected chi connectivity index (χ2v) is 12.1. The Morgan fingerprint density at radius 1 is 0.818 bits per heavy atom. The average Bonchev–Trinajstić information content (AvgIpc) is 3.33. The predicted octanol–water partition coefficient (Wildman–Crippen LogP) is 7.49. The van der Waals surface area contributed by atoms with Crippen molar-refractivity contribution in [1.29, 1.82) is 0 Å². The highest BCUT2D eigenvalue weighted by molar-refractivity contribution is 6.09. The van der Waals surface area contributed by atoms with Crippen LogP contribution in [0, 0.1) is 26.2 Å². The number of rotatable bonds is 3. The molecule has 0 saturated carbocycles. The summed E-state index contributed by atoms with van der Waals surface area (Å²) in [5.74, 6) is 3.51. The van der Waals surface area contributed by atoms with Gasteiger partial charge in [-0.05, 0) is 54.6 Å². The van der Waals surface area contributed by atoms with Crippen LogP contribution in [0.15, 0.2) is 97.1 Å². The normalized spacial score (nSPS) is 21.7. The van der Waals surface area contributed by atoms with E-state index in [1.807, 2.05) is 31.2 Å². The maximum Gasteiger partial charge on any atom is 0.178 e. The summed E-state index contributed by atoms with van der Waals surface area (Å²) in [7, 11) is 0. The first-order chi connectivity index (χ1) is 21.4. The van der Waals surface area contributed by atoms with Gasteiger partial charge in [-0.3, -0.25) is 0 Å². The van der Waals surface area contributed by atoms with Gasteiger partial charge in [-0.15, -0.1) is 6.42 Å². The van der Waals surface area contributed by atoms with E-state index in [-0.39, 0.29) is 0 Å². The fraction of sp³-hybridized carbons (Fsp3) is 0.200. The van der Waals surface area contributed by atoms with Crippen LogP contribution in [0.4, 0.5) is 5.69 Å². The molecule has 0 amide bonds. The van der Waals surface area contributed by atoms with E-state index in [2.05, 4.69) is 96.6 Å². The number of ether oxygens (including phenoxy) is 2. The molecule has 1 fully saturated rings. The van der Waals surface area contributed by atoms with Crippen molar-refractivity contribution in [3.05, 3.63) is 136 Å². The maximum absolute atomic E-state index is 12.3. The monoisotopic (exact) mass is 575 g/mol. The van der Waals surface area contributed by atoms with Crippen LogP contribution in [-0.4, -0.2) is 31.4 Å². The lowest BCUT2D eigenvalue weighted by Crippen LogP contribution is -2.37. The van der Waals surface area contributed by atoms with Crippen molar-refractivity contribution in [3.8, 4) is 29.2 Å². The van der Waals surface area contributed by atoms with Crippen molar-refractivity contribution in [3.63, 3.8) is 0 Å². The Hall–Kier alpha value is -4.82. The molecule has 2 aliphatic heterocycles. The van der Waals surface area contributed by atoms with E-state index >= 15 is 0 Å². The van der Waals surface area contributed by atoms with E-state index in [1.165, 1.54) is 5.69 Å². The fourth-order valence-corrected chi connectivity index (χ4v) is 7.28. The number of anilines is 1. The highest BCUT2D eigenvalue weighted by Crippen LogP contribution is 2.57. The zero-order chi connectivity index (χ0) is 30.1. The number of aryl methyl sites for hydroxylation is 2. The lowest BCUT2D eigenvalue weighted by Gasteiger charge is -2.38. The molecule has 4 heteroatoms. The van der Waals surface area contributed by atoms with E-state index < -0.39 is 11.2 Å². The number of benzene rings is 5. The summed E-state index contributed by atoms with van der Waals surface area (Å²) < 4.78 is 12.9. The number of nitrogens with zero attached hydrogens (tertiary/aromatic N) is 1. The van der Waals surface area contributed by atoms with Crippen LogP contribution in [0.1, 0.15) is 38.9 Å². The van der Waals surface area contributed by atoms with Gasteiger partial charge in [0.25, 0.3) is 0 Å². The molecule has 5 aromatic carbocycles. The van der Waals surface area contributed by atoms with Gasteiger partial charge < -0.3 is 19.5 Å². The summed E-state index contributed by atoms with van der Waals surface area (Å²) in [6.07, 6.45) is 10.4. The van der Waals surface area contributed by atoms with Gasteiger partial charge in [-0.1, -0.05) is 95.9 Å². The second-order valence-electron chi connectivity index (χ2n) is 12.1. The third-order valence-electron chi connectivity index (χ3n) is 9.48. The number of terminal acetylenes is 1. The number of morpholine rings is 1. The Kier molecular flexibility index (Phi) is 6.00. The van der Waals surface area contributed by atoms with E-state index in [4.69, 9.17) is 15.9 Å². The van der Waals surface area contributed by atoms with Crippen LogP contribution in [0.2, 0.25) is 0 Å². The first-order valence-electron chi connectivity index (χ1n) is 15.2. The topological polar surface area (TPSA) is 41.9 Å². The standard InChI is InChI=1S/C40H33NO3/c1-4-39(42)35-25-27(3)11-17-32(35)36-31-16-10-26(2)24-34(31)38-33(37(36)39)18-19-40(44-38,28-8-6-5-7-9-28)29-12-14-30(15-13-29)41-20-22-43-23-21-41/h1,5-19,24-25,42H,20-23H2,2-3H3. The van der Waals surface area contributed by atoms with Crippen molar-refractivity contribution < 1.29 is 14.6 Å². The van der Waals surface area contributed by atoms with Gasteiger partial charge in [0.15, 0.2) is 11.2 Å². The highest BCUT2D eigenvalue weighted by atomic mass is 16.5. The number of hydrogen-bond donors (Lipinski definition) is 1. The van der Waals surface area contributed by atoms with Gasteiger partial charge in [0.2, 0.25) is 0 Å². The van der Waals surface area contributed by atoms with Crippen molar-refractivity contribution in [2.75, 3.05) is 31.2 Å². The highest BCUT2D eigenvalue weighted by Gasteiger charge is 2.47. The maximum atomic E-state index is 12.3. The molecular weight excluding hydrogens is 542 g/mol. The van der Waals surface area contributed by atoms with Gasteiger partial charge in [-0.25, -0.2) is 0 Å². The zero-order valence-corrected chi connectivity index (χ0v) is 24.9. The first kappa shape index (κ1) is 26.8. The predicted molar refractivity (Wildman–Crippen MR) is 177 cm³/mol. The third kappa shape index (κ3) is 3.80. The molecule has 3 aliphatic rings. The number of fused-ring (bicyclic) bond motifs is 8. The van der Waals surface area contributed by atoms with Crippen molar-refractivity contribution >= 4 is 22.5 Å². The van der Waals surface area contributed by atoms with E-state index in [0.717, 1.165) is 87.3 Å². The molecule has 1 N–H and O–H groups in total. The molecule has 2 heterocycles. The largest absolute Gasteiger partial charge is 0.472 e. The Bertz CT molecular complexity index is 2020. The van der Waals surface area contributed by atoms with Crippen molar-refractivity contribution in [2.24, 2.45) is 0 Å². The molecule has 0 bridgehead atoms. The van der Waals surface area contributed by atoms with Gasteiger partial charge in [-0.2, -0.15) is 0 Å². The third-order valence-corrected chi connectivity index (χ3v) is 9.48. The summed E-state index contributed by atoms with van der Waals surface area (Å²) in [6, 6.07) is 31.7. The first-order valence-corrected chi connectivity index (χ1v) is 15.2. The molecule has 216 valence electrons. The summed E-state index contributed by atoms with van der Waals surface area (Å²) in [6.45, 7) is 7.36. The van der Waals surface area contributed by atoms with Gasteiger partial charge in [0.1, 0.15) is 5.75 Å². The number of hydrogen-bond acceptors (Lipinski definition) is 4. The van der Waals surface area contributed by atoms with Crippen molar-refractivity contribution in [1.82, 2.24) is 0 Å². The summed E-state index contributed by atoms with van der Waals surface area (Å²) in [4.78, 5) is 2.36. The minimum Gasteiger partial charge on any atom is -0.472 e. The minimum absolute atomic E-state index is 0.715. The van der Waals surface area contributed by atoms with Crippen LogP contribution < -0.4 is 9.64 Å². The van der Waals surface area contributed by atoms with Crippen LogP contribution >= 0.6 is 0 Å². The lowest BCUT2D eigenvalue weighted by molar-refractivity contribution is 0.122. The molecule has 2 atom stereocenters. The van der Waals surface area contributed by atoms with Crippen molar-refractivity contribution in [2.45, 2.75) is 25.0 Å².